The summed E-state index contributed by atoms with van der Waals surface area (Å²) in [5, 5.41) is 4.05. The minimum absolute atomic E-state index is 0.140. The van der Waals surface area contributed by atoms with Crippen LogP contribution in [0, 0.1) is 13.8 Å². The number of hydrogen-bond donors (Lipinski definition) is 0. The molecule has 2 amide bonds. The van der Waals surface area contributed by atoms with Gasteiger partial charge in [0.05, 0.1) is 23.4 Å². The number of aryl methyl sites for hydroxylation is 2. The van der Waals surface area contributed by atoms with E-state index in [4.69, 9.17) is 9.26 Å². The van der Waals surface area contributed by atoms with Gasteiger partial charge in [-0.25, -0.2) is 4.79 Å². The average Bonchev–Trinajstić information content (AvgIpc) is 3.17. The molecule has 2 unspecified atom stereocenters. The van der Waals surface area contributed by atoms with Crippen LogP contribution in [0.25, 0.3) is 0 Å². The first-order valence-electron chi connectivity index (χ1n) is 8.45. The summed E-state index contributed by atoms with van der Waals surface area (Å²) in [6, 6.07) is 3.29. The van der Waals surface area contributed by atoms with Gasteiger partial charge in [-0.15, -0.1) is 0 Å². The maximum absolute atomic E-state index is 12.6. The van der Waals surface area contributed by atoms with Crippen LogP contribution in [0.1, 0.15) is 34.5 Å². The summed E-state index contributed by atoms with van der Waals surface area (Å²) < 4.78 is 11.5. The monoisotopic (exact) mass is 348 g/mol. The van der Waals surface area contributed by atoms with E-state index in [1.807, 2.05) is 38.1 Å². The highest BCUT2D eigenvalue weighted by atomic mass is 16.5. The zero-order chi connectivity index (χ0) is 17.8. The van der Waals surface area contributed by atoms with Crippen LogP contribution in [0.3, 0.4) is 0 Å². The lowest BCUT2D eigenvalue weighted by Gasteiger charge is -2.37. The molecule has 5 rings (SSSR count). The van der Waals surface area contributed by atoms with Gasteiger partial charge in [0.25, 0.3) is 0 Å². The predicted molar refractivity (Wildman–Crippen MR) is 92.5 cm³/mol. The number of allylic oxidation sites excluding steroid dienone is 2. The van der Waals surface area contributed by atoms with Gasteiger partial charge in [-0.2, -0.15) is 4.99 Å². The van der Waals surface area contributed by atoms with Crippen molar-refractivity contribution in [1.82, 2.24) is 15.0 Å². The van der Waals surface area contributed by atoms with E-state index in [1.54, 1.807) is 17.3 Å². The molecule has 130 valence electrons. The van der Waals surface area contributed by atoms with Gasteiger partial charge in [0, 0.05) is 18.0 Å². The van der Waals surface area contributed by atoms with Gasteiger partial charge in [0.2, 0.25) is 0 Å². The van der Waals surface area contributed by atoms with E-state index >= 15 is 0 Å². The Morgan fingerprint density at radius 3 is 2.92 bits per heavy atom. The third-order valence-corrected chi connectivity index (χ3v) is 5.05. The van der Waals surface area contributed by atoms with Crippen molar-refractivity contribution in [2.75, 3.05) is 6.61 Å². The number of ether oxygens (including phenoxy) is 1. The molecule has 1 aliphatic carbocycles. The van der Waals surface area contributed by atoms with Crippen molar-refractivity contribution < 1.29 is 14.1 Å². The molecule has 0 saturated heterocycles. The molecule has 0 saturated carbocycles. The van der Waals surface area contributed by atoms with Crippen LogP contribution in [0.15, 0.2) is 57.7 Å². The van der Waals surface area contributed by atoms with Crippen LogP contribution >= 0.6 is 0 Å². The SMILES string of the molecule is Cc1noc(C)c1C1C=CC2=NC(=O)N3C2=C1OCC3c1cccnc1. The molecule has 0 fully saturated rings. The second-order valence-corrected chi connectivity index (χ2v) is 6.55. The van der Waals surface area contributed by atoms with Crippen molar-refractivity contribution in [3.05, 3.63) is 70.7 Å². The molecule has 4 heterocycles. The molecule has 0 spiro atoms. The second-order valence-electron chi connectivity index (χ2n) is 6.55. The lowest BCUT2D eigenvalue weighted by molar-refractivity contribution is 0.0939. The molecule has 26 heavy (non-hydrogen) atoms. The molecule has 2 atom stereocenters. The van der Waals surface area contributed by atoms with Crippen LogP contribution in [0.5, 0.6) is 0 Å². The minimum Gasteiger partial charge on any atom is -0.492 e. The lowest BCUT2D eigenvalue weighted by atomic mass is 9.88. The van der Waals surface area contributed by atoms with E-state index < -0.39 is 0 Å². The Morgan fingerprint density at radius 1 is 1.31 bits per heavy atom. The molecule has 0 N–H and O–H groups in total. The van der Waals surface area contributed by atoms with Crippen molar-refractivity contribution in [3.8, 4) is 0 Å². The summed E-state index contributed by atoms with van der Waals surface area (Å²) in [6.45, 7) is 4.15. The number of urea groups is 1. The number of rotatable bonds is 2. The Morgan fingerprint density at radius 2 is 2.19 bits per heavy atom. The van der Waals surface area contributed by atoms with Gasteiger partial charge in [-0.05, 0) is 31.6 Å². The van der Waals surface area contributed by atoms with E-state index in [0.29, 0.717) is 12.3 Å². The normalized spacial score (nSPS) is 23.8. The molecule has 2 aliphatic heterocycles. The summed E-state index contributed by atoms with van der Waals surface area (Å²) in [7, 11) is 0. The van der Waals surface area contributed by atoms with Gasteiger partial charge < -0.3 is 9.26 Å². The molecule has 7 nitrogen and oxygen atoms in total. The lowest BCUT2D eigenvalue weighted by Crippen LogP contribution is -2.39. The maximum Gasteiger partial charge on any atom is 0.349 e. The molecule has 0 bridgehead atoms. The molecule has 2 aromatic heterocycles. The highest BCUT2D eigenvalue weighted by Crippen LogP contribution is 2.45. The van der Waals surface area contributed by atoms with Crippen molar-refractivity contribution >= 4 is 11.7 Å². The number of aromatic nitrogens is 2. The van der Waals surface area contributed by atoms with Gasteiger partial charge >= 0.3 is 6.03 Å². The van der Waals surface area contributed by atoms with Crippen LogP contribution in [0.4, 0.5) is 4.79 Å². The fourth-order valence-corrected chi connectivity index (χ4v) is 3.88. The number of nitrogens with zero attached hydrogens (tertiary/aromatic N) is 4. The van der Waals surface area contributed by atoms with Crippen molar-refractivity contribution in [2.45, 2.75) is 25.8 Å². The van der Waals surface area contributed by atoms with E-state index in [1.165, 1.54) is 0 Å². The second kappa shape index (κ2) is 5.39. The predicted octanol–water partition coefficient (Wildman–Crippen LogP) is 3.20. The maximum atomic E-state index is 12.6. The summed E-state index contributed by atoms with van der Waals surface area (Å²) in [6.07, 6.45) is 7.34. The van der Waals surface area contributed by atoms with E-state index in [0.717, 1.165) is 34.0 Å². The fourth-order valence-electron chi connectivity index (χ4n) is 3.88. The van der Waals surface area contributed by atoms with Crippen molar-refractivity contribution in [3.63, 3.8) is 0 Å². The Hall–Kier alpha value is -3.22. The Bertz CT molecular complexity index is 984. The zero-order valence-electron chi connectivity index (χ0n) is 14.3. The quantitative estimate of drug-likeness (QED) is 0.832. The van der Waals surface area contributed by atoms with E-state index in [-0.39, 0.29) is 18.0 Å². The highest BCUT2D eigenvalue weighted by Gasteiger charge is 2.45. The first-order valence-corrected chi connectivity index (χ1v) is 8.45. The van der Waals surface area contributed by atoms with E-state index in [2.05, 4.69) is 15.1 Å². The zero-order valence-corrected chi connectivity index (χ0v) is 14.3. The standard InChI is InChI=1S/C19H16N4O3/c1-10-16(11(2)26-22-10)13-5-6-14-17-18(13)25-9-15(23(17)19(24)21-14)12-4-3-7-20-8-12/h3-8,13,15H,9H2,1-2H3. The first kappa shape index (κ1) is 15.1. The van der Waals surface area contributed by atoms with Gasteiger partial charge in [0.1, 0.15) is 23.8 Å². The smallest absolute Gasteiger partial charge is 0.349 e. The van der Waals surface area contributed by atoms with Crippen LogP contribution in [-0.2, 0) is 4.74 Å². The van der Waals surface area contributed by atoms with Crippen LogP contribution < -0.4 is 0 Å². The van der Waals surface area contributed by atoms with Crippen molar-refractivity contribution in [2.24, 2.45) is 4.99 Å². The Labute approximate surface area is 149 Å². The minimum atomic E-state index is -0.270. The number of carbonyl (C=O) groups excluding carboxylic acids is 1. The summed E-state index contributed by atoms with van der Waals surface area (Å²) in [5.41, 5.74) is 4.10. The average molecular weight is 348 g/mol. The third-order valence-electron chi connectivity index (χ3n) is 5.05. The molecule has 0 radical (unpaired) electrons. The molecule has 3 aliphatic rings. The number of carbonyl (C=O) groups is 1. The third kappa shape index (κ3) is 2.00. The molecule has 7 heteroatoms. The largest absolute Gasteiger partial charge is 0.492 e. The molecular formula is C19H16N4O3. The number of aliphatic imine (C=N–C) groups is 1. The van der Waals surface area contributed by atoms with Crippen LogP contribution in [0.2, 0.25) is 0 Å². The molecule has 2 aromatic rings. The van der Waals surface area contributed by atoms with Gasteiger partial charge in [-0.3, -0.25) is 9.88 Å². The van der Waals surface area contributed by atoms with Crippen LogP contribution in [-0.4, -0.2) is 33.4 Å². The fraction of sp³-hybridized carbons (Fsp3) is 0.263. The first-order chi connectivity index (χ1) is 12.6. The Balaban J connectivity index is 1.63. The number of hydrogen-bond acceptors (Lipinski definition) is 5. The topological polar surface area (TPSA) is 80.8 Å². The van der Waals surface area contributed by atoms with Gasteiger partial charge in [-0.1, -0.05) is 17.3 Å². The number of amides is 2. The summed E-state index contributed by atoms with van der Waals surface area (Å²) in [4.78, 5) is 22.7. The Kier molecular flexibility index (Phi) is 3.12. The highest BCUT2D eigenvalue weighted by molar-refractivity contribution is 6.19. The van der Waals surface area contributed by atoms with Crippen molar-refractivity contribution in [1.29, 1.82) is 0 Å². The number of pyridine rings is 1. The van der Waals surface area contributed by atoms with E-state index in [9.17, 15) is 4.79 Å². The molecule has 0 aromatic carbocycles. The summed E-state index contributed by atoms with van der Waals surface area (Å²) in [5.74, 6) is 1.34. The summed E-state index contributed by atoms with van der Waals surface area (Å²) >= 11 is 0. The van der Waals surface area contributed by atoms with Gasteiger partial charge in [0.15, 0.2) is 0 Å². The molecular weight excluding hydrogens is 332 g/mol.